The quantitative estimate of drug-likeness (QED) is 0.636. The van der Waals surface area contributed by atoms with E-state index in [9.17, 15) is 13.6 Å². The van der Waals surface area contributed by atoms with Gasteiger partial charge in [0.25, 0.3) is 12.3 Å². The SMILES string of the molecule is NC(=O)c1cc(C(F)F)c(I)c(Br)n1. The zero-order valence-electron chi connectivity index (χ0n) is 6.60. The molecular formula is C7H4BrF2IN2O. The molecule has 14 heavy (non-hydrogen) atoms. The summed E-state index contributed by atoms with van der Waals surface area (Å²) >= 11 is 4.69. The fourth-order valence-electron chi connectivity index (χ4n) is 0.802. The van der Waals surface area contributed by atoms with Gasteiger partial charge in [0.2, 0.25) is 0 Å². The average Bonchev–Trinajstić information content (AvgIpc) is 2.08. The number of amides is 1. The van der Waals surface area contributed by atoms with E-state index in [1.807, 2.05) is 0 Å². The number of nitrogens with zero attached hydrogens (tertiary/aromatic N) is 1. The maximum Gasteiger partial charge on any atom is 0.267 e. The Morgan fingerprint density at radius 1 is 1.64 bits per heavy atom. The molecular weight excluding hydrogens is 373 g/mol. The van der Waals surface area contributed by atoms with Crippen LogP contribution < -0.4 is 5.73 Å². The number of halogens is 4. The topological polar surface area (TPSA) is 56.0 Å². The Morgan fingerprint density at radius 2 is 2.21 bits per heavy atom. The van der Waals surface area contributed by atoms with Crippen molar-refractivity contribution >= 4 is 44.4 Å². The number of hydrogen-bond acceptors (Lipinski definition) is 2. The third-order valence-electron chi connectivity index (χ3n) is 1.43. The molecule has 0 saturated carbocycles. The van der Waals surface area contributed by atoms with Crippen LogP contribution in [0.3, 0.4) is 0 Å². The summed E-state index contributed by atoms with van der Waals surface area (Å²) in [5.41, 5.74) is 4.51. The van der Waals surface area contributed by atoms with Gasteiger partial charge in [0.15, 0.2) is 0 Å². The molecule has 1 aromatic rings. The van der Waals surface area contributed by atoms with Gasteiger partial charge in [0, 0.05) is 5.56 Å². The second-order valence-electron chi connectivity index (χ2n) is 2.37. The van der Waals surface area contributed by atoms with Crippen molar-refractivity contribution in [3.63, 3.8) is 0 Å². The van der Waals surface area contributed by atoms with Crippen LogP contribution in [0.4, 0.5) is 8.78 Å². The number of hydrogen-bond donors (Lipinski definition) is 1. The molecule has 0 radical (unpaired) electrons. The third kappa shape index (κ3) is 2.38. The van der Waals surface area contributed by atoms with Crippen LogP contribution in [0.5, 0.6) is 0 Å². The lowest BCUT2D eigenvalue weighted by atomic mass is 10.2. The minimum absolute atomic E-state index is 0.174. The summed E-state index contributed by atoms with van der Waals surface area (Å²) in [6.45, 7) is 0. The van der Waals surface area contributed by atoms with Crippen LogP contribution in [0.1, 0.15) is 22.5 Å². The van der Waals surface area contributed by atoms with Crippen molar-refractivity contribution in [2.24, 2.45) is 5.73 Å². The van der Waals surface area contributed by atoms with Gasteiger partial charge in [0.1, 0.15) is 10.3 Å². The number of primary amides is 1. The number of carbonyl (C=O) groups excluding carboxylic acids is 1. The van der Waals surface area contributed by atoms with Crippen LogP contribution in [0.15, 0.2) is 10.7 Å². The number of rotatable bonds is 2. The minimum Gasteiger partial charge on any atom is -0.364 e. The van der Waals surface area contributed by atoms with Crippen molar-refractivity contribution < 1.29 is 13.6 Å². The summed E-state index contributed by atoms with van der Waals surface area (Å²) in [5.74, 6) is -0.830. The fourth-order valence-corrected chi connectivity index (χ4v) is 1.73. The van der Waals surface area contributed by atoms with Crippen LogP contribution in [-0.4, -0.2) is 10.9 Å². The molecule has 0 fully saturated rings. The van der Waals surface area contributed by atoms with E-state index in [4.69, 9.17) is 5.73 Å². The van der Waals surface area contributed by atoms with Gasteiger partial charge in [-0.1, -0.05) is 0 Å². The van der Waals surface area contributed by atoms with Crippen LogP contribution in [0.2, 0.25) is 0 Å². The molecule has 0 spiro atoms. The highest BCUT2D eigenvalue weighted by Gasteiger charge is 2.18. The number of pyridine rings is 1. The maximum atomic E-state index is 12.4. The Labute approximate surface area is 100 Å². The summed E-state index contributed by atoms with van der Waals surface area (Å²) in [6, 6.07) is 1.000. The predicted molar refractivity (Wildman–Crippen MR) is 58.1 cm³/mol. The summed E-state index contributed by atoms with van der Waals surface area (Å²) in [7, 11) is 0. The van der Waals surface area contributed by atoms with Crippen molar-refractivity contribution in [3.8, 4) is 0 Å². The van der Waals surface area contributed by atoms with Crippen molar-refractivity contribution in [1.29, 1.82) is 0 Å². The van der Waals surface area contributed by atoms with E-state index in [-0.39, 0.29) is 19.4 Å². The lowest BCUT2D eigenvalue weighted by Crippen LogP contribution is -2.14. The lowest BCUT2D eigenvalue weighted by Gasteiger charge is -2.06. The zero-order valence-corrected chi connectivity index (χ0v) is 10.3. The summed E-state index contributed by atoms with van der Waals surface area (Å²) in [5, 5.41) is 0. The molecule has 3 nitrogen and oxygen atoms in total. The van der Waals surface area contributed by atoms with E-state index in [2.05, 4.69) is 20.9 Å². The number of aromatic nitrogens is 1. The molecule has 1 heterocycles. The molecule has 7 heteroatoms. The molecule has 0 bridgehead atoms. The smallest absolute Gasteiger partial charge is 0.267 e. The van der Waals surface area contributed by atoms with Crippen molar-refractivity contribution in [2.75, 3.05) is 0 Å². The van der Waals surface area contributed by atoms with Crippen molar-refractivity contribution in [1.82, 2.24) is 4.98 Å². The standard InChI is InChI=1S/C7H4BrF2IN2O/c8-5-4(11)2(6(9)10)1-3(13-5)7(12)14/h1,6H,(H2,12,14). The molecule has 0 aliphatic carbocycles. The number of alkyl halides is 2. The largest absolute Gasteiger partial charge is 0.364 e. The van der Waals surface area contributed by atoms with E-state index in [0.717, 1.165) is 6.07 Å². The van der Waals surface area contributed by atoms with E-state index >= 15 is 0 Å². The monoisotopic (exact) mass is 376 g/mol. The van der Waals surface area contributed by atoms with E-state index in [0.29, 0.717) is 0 Å². The van der Waals surface area contributed by atoms with Gasteiger partial charge in [0.05, 0.1) is 3.57 Å². The van der Waals surface area contributed by atoms with Crippen LogP contribution in [0.25, 0.3) is 0 Å². The highest BCUT2D eigenvalue weighted by molar-refractivity contribution is 14.1. The number of nitrogens with two attached hydrogens (primary N) is 1. The molecule has 1 aromatic heterocycles. The Morgan fingerprint density at radius 3 is 2.64 bits per heavy atom. The normalized spacial score (nSPS) is 10.6. The Bertz CT molecular complexity index is 386. The molecule has 0 unspecified atom stereocenters. The maximum absolute atomic E-state index is 12.4. The molecule has 0 aromatic carbocycles. The summed E-state index contributed by atoms with van der Waals surface area (Å²) in [6.07, 6.45) is -2.65. The van der Waals surface area contributed by atoms with Crippen LogP contribution >= 0.6 is 38.5 Å². The molecule has 0 aliphatic rings. The molecule has 1 amide bonds. The molecule has 0 aliphatic heterocycles. The van der Waals surface area contributed by atoms with Gasteiger partial charge in [-0.05, 0) is 44.6 Å². The second kappa shape index (κ2) is 4.47. The van der Waals surface area contributed by atoms with Gasteiger partial charge >= 0.3 is 0 Å². The van der Waals surface area contributed by atoms with Crippen LogP contribution in [0, 0.1) is 3.57 Å². The van der Waals surface area contributed by atoms with Crippen molar-refractivity contribution in [3.05, 3.63) is 25.5 Å². The summed E-state index contributed by atoms with van der Waals surface area (Å²) in [4.78, 5) is 14.4. The highest BCUT2D eigenvalue weighted by atomic mass is 127. The molecule has 0 atom stereocenters. The third-order valence-corrected chi connectivity index (χ3v) is 3.88. The first-order valence-corrected chi connectivity index (χ1v) is 5.24. The predicted octanol–water partition coefficient (Wildman–Crippen LogP) is 2.49. The minimum atomic E-state index is -2.65. The first kappa shape index (κ1) is 11.8. The van der Waals surface area contributed by atoms with Gasteiger partial charge in [-0.3, -0.25) is 4.79 Å². The Kier molecular flexibility index (Phi) is 3.76. The first-order chi connectivity index (χ1) is 6.43. The van der Waals surface area contributed by atoms with Gasteiger partial charge in [-0.25, -0.2) is 13.8 Å². The van der Waals surface area contributed by atoms with E-state index in [1.54, 1.807) is 22.6 Å². The highest BCUT2D eigenvalue weighted by Crippen LogP contribution is 2.29. The molecule has 76 valence electrons. The Balaban J connectivity index is 3.35. The number of carbonyl (C=O) groups is 1. The fraction of sp³-hybridized carbons (Fsp3) is 0.143. The second-order valence-corrected chi connectivity index (χ2v) is 4.20. The molecule has 2 N–H and O–H groups in total. The van der Waals surface area contributed by atoms with E-state index in [1.165, 1.54) is 0 Å². The molecule has 0 saturated heterocycles. The first-order valence-electron chi connectivity index (χ1n) is 3.37. The Hall–Kier alpha value is -0.310. The van der Waals surface area contributed by atoms with Gasteiger partial charge in [-0.2, -0.15) is 0 Å². The zero-order chi connectivity index (χ0) is 10.9. The van der Waals surface area contributed by atoms with Crippen molar-refractivity contribution in [2.45, 2.75) is 6.43 Å². The summed E-state index contributed by atoms with van der Waals surface area (Å²) < 4.78 is 25.4. The van der Waals surface area contributed by atoms with Gasteiger partial charge < -0.3 is 5.73 Å². The van der Waals surface area contributed by atoms with E-state index < -0.39 is 12.3 Å². The van der Waals surface area contributed by atoms with Crippen LogP contribution in [-0.2, 0) is 0 Å². The van der Waals surface area contributed by atoms with Gasteiger partial charge in [-0.15, -0.1) is 0 Å². The lowest BCUT2D eigenvalue weighted by molar-refractivity contribution is 0.0994. The average molecular weight is 377 g/mol. The molecule has 1 rings (SSSR count).